The topological polar surface area (TPSA) is 105 Å². The molecule has 2 N–H and O–H groups in total. The molecule has 1 aromatic carbocycles. The summed E-state index contributed by atoms with van der Waals surface area (Å²) in [4.78, 5) is 35.8. The summed E-state index contributed by atoms with van der Waals surface area (Å²) in [5.41, 5.74) is 0.207. The molecule has 0 atom stereocenters. The Labute approximate surface area is 113 Å². The summed E-state index contributed by atoms with van der Waals surface area (Å²) in [6.07, 6.45) is 0. The van der Waals surface area contributed by atoms with Crippen LogP contribution >= 0.6 is 0 Å². The van der Waals surface area contributed by atoms with Crippen LogP contribution in [0.3, 0.4) is 0 Å². The maximum atomic E-state index is 11.9. The molecule has 0 saturated carbocycles. The summed E-state index contributed by atoms with van der Waals surface area (Å²) in [6, 6.07) is 8.57. The highest BCUT2D eigenvalue weighted by atomic mass is 16.6. The number of pyridine rings is 1. The van der Waals surface area contributed by atoms with Crippen LogP contribution in [0, 0.1) is 17.0 Å². The van der Waals surface area contributed by atoms with E-state index in [-0.39, 0.29) is 17.1 Å². The zero-order valence-electron chi connectivity index (χ0n) is 10.5. The van der Waals surface area contributed by atoms with Gasteiger partial charge in [0, 0.05) is 12.1 Å². The van der Waals surface area contributed by atoms with Crippen molar-refractivity contribution in [2.24, 2.45) is 0 Å². The van der Waals surface area contributed by atoms with Crippen molar-refractivity contribution in [1.82, 2.24) is 4.98 Å². The third-order valence-corrected chi connectivity index (χ3v) is 2.61. The first-order valence-corrected chi connectivity index (χ1v) is 5.73. The van der Waals surface area contributed by atoms with E-state index in [0.717, 1.165) is 0 Å². The number of nitro benzene ring substituents is 1. The fourth-order valence-corrected chi connectivity index (χ4v) is 1.67. The molecule has 0 aliphatic rings. The largest absolute Gasteiger partial charge is 0.318 e. The van der Waals surface area contributed by atoms with Gasteiger partial charge in [0.2, 0.25) is 5.56 Å². The van der Waals surface area contributed by atoms with Crippen molar-refractivity contribution in [3.8, 4) is 0 Å². The maximum Gasteiger partial charge on any atom is 0.293 e. The van der Waals surface area contributed by atoms with E-state index in [9.17, 15) is 19.7 Å². The number of carbonyl (C=O) groups is 1. The first kappa shape index (κ1) is 13.5. The Morgan fingerprint density at radius 2 is 2.05 bits per heavy atom. The van der Waals surface area contributed by atoms with Crippen molar-refractivity contribution < 1.29 is 9.72 Å². The number of anilines is 1. The van der Waals surface area contributed by atoms with Crippen molar-refractivity contribution in [3.05, 3.63) is 68.1 Å². The second-order valence-corrected chi connectivity index (χ2v) is 4.16. The Kier molecular flexibility index (Phi) is 3.60. The molecule has 1 amide bonds. The molecule has 0 saturated heterocycles. The van der Waals surface area contributed by atoms with Crippen molar-refractivity contribution in [2.75, 3.05) is 5.32 Å². The van der Waals surface area contributed by atoms with Crippen LogP contribution in [0.1, 0.15) is 16.1 Å². The predicted molar refractivity (Wildman–Crippen MR) is 72.8 cm³/mol. The Balaban J connectivity index is 2.33. The van der Waals surface area contributed by atoms with Crippen molar-refractivity contribution in [1.29, 1.82) is 0 Å². The lowest BCUT2D eigenvalue weighted by molar-refractivity contribution is -0.384. The average Bonchev–Trinajstić information content (AvgIpc) is 2.40. The van der Waals surface area contributed by atoms with Crippen LogP contribution in [-0.4, -0.2) is 15.8 Å². The van der Waals surface area contributed by atoms with Crippen LogP contribution in [0.15, 0.2) is 41.2 Å². The molecule has 102 valence electrons. The van der Waals surface area contributed by atoms with Gasteiger partial charge in [0.1, 0.15) is 11.4 Å². The molecule has 2 aromatic rings. The number of aromatic amines is 1. The maximum absolute atomic E-state index is 11.9. The van der Waals surface area contributed by atoms with E-state index in [0.29, 0.717) is 5.56 Å². The van der Waals surface area contributed by atoms with E-state index < -0.39 is 16.4 Å². The molecule has 1 heterocycles. The van der Waals surface area contributed by atoms with E-state index in [2.05, 4.69) is 10.3 Å². The molecule has 20 heavy (non-hydrogen) atoms. The Hall–Kier alpha value is -2.96. The van der Waals surface area contributed by atoms with Gasteiger partial charge in [-0.25, -0.2) is 0 Å². The smallest absolute Gasteiger partial charge is 0.293 e. The molecule has 1 aromatic heterocycles. The molecule has 0 bridgehead atoms. The second-order valence-electron chi connectivity index (χ2n) is 4.16. The number of amides is 1. The second kappa shape index (κ2) is 5.35. The minimum Gasteiger partial charge on any atom is -0.318 e. The van der Waals surface area contributed by atoms with Crippen LogP contribution < -0.4 is 10.9 Å². The van der Waals surface area contributed by atoms with E-state index >= 15 is 0 Å². The highest BCUT2D eigenvalue weighted by Gasteiger charge is 2.17. The van der Waals surface area contributed by atoms with Gasteiger partial charge in [0.25, 0.3) is 11.6 Å². The van der Waals surface area contributed by atoms with Crippen molar-refractivity contribution in [3.63, 3.8) is 0 Å². The van der Waals surface area contributed by atoms with E-state index in [4.69, 9.17) is 0 Å². The number of hydrogen-bond acceptors (Lipinski definition) is 4. The SMILES string of the molecule is Cc1ccc(NC(=O)c2cccc(=O)[nH]2)c([N+](=O)[O-])c1. The summed E-state index contributed by atoms with van der Waals surface area (Å²) in [6.45, 7) is 1.72. The molecule has 7 nitrogen and oxygen atoms in total. The number of aryl methyl sites for hydroxylation is 1. The van der Waals surface area contributed by atoms with Crippen LogP contribution in [0.4, 0.5) is 11.4 Å². The normalized spacial score (nSPS) is 10.1. The standard InChI is InChI=1S/C13H11N3O4/c1-8-5-6-9(11(7-8)16(19)20)15-13(18)10-3-2-4-12(17)14-10/h2-7H,1H3,(H,14,17)(H,15,18). The van der Waals surface area contributed by atoms with Gasteiger partial charge in [-0.2, -0.15) is 0 Å². The molecular formula is C13H11N3O4. The lowest BCUT2D eigenvalue weighted by atomic mass is 10.2. The highest BCUT2D eigenvalue weighted by molar-refractivity contribution is 6.04. The molecule has 2 rings (SSSR count). The molecule has 0 spiro atoms. The number of nitrogens with zero attached hydrogens (tertiary/aromatic N) is 1. The van der Waals surface area contributed by atoms with Crippen LogP contribution in [0.5, 0.6) is 0 Å². The zero-order valence-corrected chi connectivity index (χ0v) is 10.5. The minimum atomic E-state index is -0.616. The Morgan fingerprint density at radius 1 is 1.30 bits per heavy atom. The van der Waals surface area contributed by atoms with Gasteiger partial charge in [0.15, 0.2) is 0 Å². The van der Waals surface area contributed by atoms with E-state index in [1.165, 1.54) is 30.3 Å². The number of nitro groups is 1. The summed E-state index contributed by atoms with van der Waals surface area (Å²) in [5, 5.41) is 13.4. The lowest BCUT2D eigenvalue weighted by Crippen LogP contribution is -2.18. The van der Waals surface area contributed by atoms with Crippen molar-refractivity contribution in [2.45, 2.75) is 6.92 Å². The molecule has 0 aliphatic carbocycles. The van der Waals surface area contributed by atoms with E-state index in [1.54, 1.807) is 13.0 Å². The molecule has 0 radical (unpaired) electrons. The van der Waals surface area contributed by atoms with Crippen LogP contribution in [0.2, 0.25) is 0 Å². The van der Waals surface area contributed by atoms with Gasteiger partial charge >= 0.3 is 0 Å². The third-order valence-electron chi connectivity index (χ3n) is 2.61. The number of carbonyl (C=O) groups excluding carboxylic acids is 1. The predicted octanol–water partition coefficient (Wildman–Crippen LogP) is 1.84. The number of benzene rings is 1. The number of rotatable bonds is 3. The van der Waals surface area contributed by atoms with Crippen LogP contribution in [0.25, 0.3) is 0 Å². The molecule has 0 aliphatic heterocycles. The Bertz CT molecular complexity index is 736. The van der Waals surface area contributed by atoms with Gasteiger partial charge < -0.3 is 10.3 Å². The minimum absolute atomic E-state index is 0.0346. The summed E-state index contributed by atoms with van der Waals surface area (Å²) < 4.78 is 0. The van der Waals surface area contributed by atoms with Gasteiger partial charge in [-0.3, -0.25) is 19.7 Å². The average molecular weight is 273 g/mol. The first-order valence-electron chi connectivity index (χ1n) is 5.73. The van der Waals surface area contributed by atoms with Crippen molar-refractivity contribution >= 4 is 17.3 Å². The number of nitrogens with one attached hydrogen (secondary N) is 2. The third kappa shape index (κ3) is 2.89. The fraction of sp³-hybridized carbons (Fsp3) is 0.0769. The van der Waals surface area contributed by atoms with Gasteiger partial charge in [-0.05, 0) is 24.6 Å². The summed E-state index contributed by atoms with van der Waals surface area (Å²) in [5.74, 6) is -0.616. The molecular weight excluding hydrogens is 262 g/mol. The fourth-order valence-electron chi connectivity index (χ4n) is 1.67. The lowest BCUT2D eigenvalue weighted by Gasteiger charge is -2.06. The highest BCUT2D eigenvalue weighted by Crippen LogP contribution is 2.25. The van der Waals surface area contributed by atoms with Gasteiger partial charge in [0.05, 0.1) is 4.92 Å². The zero-order chi connectivity index (χ0) is 14.7. The summed E-state index contributed by atoms with van der Waals surface area (Å²) >= 11 is 0. The number of H-pyrrole nitrogens is 1. The first-order chi connectivity index (χ1) is 9.47. The Morgan fingerprint density at radius 3 is 2.70 bits per heavy atom. The van der Waals surface area contributed by atoms with Gasteiger partial charge in [-0.15, -0.1) is 0 Å². The monoisotopic (exact) mass is 273 g/mol. The van der Waals surface area contributed by atoms with Gasteiger partial charge in [-0.1, -0.05) is 12.1 Å². The van der Waals surface area contributed by atoms with E-state index in [1.807, 2.05) is 0 Å². The molecule has 0 fully saturated rings. The number of aromatic nitrogens is 1. The molecule has 0 unspecified atom stereocenters. The molecule has 7 heteroatoms. The summed E-state index contributed by atoms with van der Waals surface area (Å²) in [7, 11) is 0. The quantitative estimate of drug-likeness (QED) is 0.657. The van der Waals surface area contributed by atoms with Crippen LogP contribution in [-0.2, 0) is 0 Å². The number of hydrogen-bond donors (Lipinski definition) is 2.